The van der Waals surface area contributed by atoms with E-state index in [1.165, 1.54) is 33.5 Å². The Morgan fingerprint density at radius 3 is 2.34 bits per heavy atom. The summed E-state index contributed by atoms with van der Waals surface area (Å²) in [6.07, 6.45) is 4.40. The second-order valence-corrected chi connectivity index (χ2v) is 7.45. The SMILES string of the molecule is CN(C)c1ccc(/C=C/c2cc(N3CCOCC3)c3ccccc3[n+]2C)cc1.[I-]. The Labute approximate surface area is 190 Å². The summed E-state index contributed by atoms with van der Waals surface area (Å²) in [5.74, 6) is 0. The number of nitrogens with zero attached hydrogens (tertiary/aromatic N) is 3. The van der Waals surface area contributed by atoms with Gasteiger partial charge in [0.2, 0.25) is 11.2 Å². The number of morpholine rings is 1. The Morgan fingerprint density at radius 2 is 1.66 bits per heavy atom. The van der Waals surface area contributed by atoms with E-state index in [2.05, 4.69) is 102 Å². The van der Waals surface area contributed by atoms with Crippen LogP contribution in [0.4, 0.5) is 11.4 Å². The molecule has 0 saturated carbocycles. The minimum Gasteiger partial charge on any atom is -1.00 e. The monoisotopic (exact) mass is 501 g/mol. The highest BCUT2D eigenvalue weighted by Crippen LogP contribution is 2.27. The molecule has 0 bridgehead atoms. The fraction of sp³-hybridized carbons (Fsp3) is 0.292. The molecule has 0 atom stereocenters. The van der Waals surface area contributed by atoms with Gasteiger partial charge in [0.05, 0.1) is 24.3 Å². The highest BCUT2D eigenvalue weighted by molar-refractivity contribution is 5.91. The van der Waals surface area contributed by atoms with Crippen LogP contribution >= 0.6 is 0 Å². The molecule has 5 heteroatoms. The molecular formula is C24H28IN3O. The number of halogens is 1. The number of hydrogen-bond donors (Lipinski definition) is 0. The Bertz CT molecular complexity index is 993. The summed E-state index contributed by atoms with van der Waals surface area (Å²) in [5, 5.41) is 1.29. The fourth-order valence-corrected chi connectivity index (χ4v) is 3.73. The Morgan fingerprint density at radius 1 is 0.966 bits per heavy atom. The summed E-state index contributed by atoms with van der Waals surface area (Å²) >= 11 is 0. The number of pyridine rings is 1. The van der Waals surface area contributed by atoms with Crippen molar-refractivity contribution in [1.82, 2.24) is 0 Å². The van der Waals surface area contributed by atoms with Crippen LogP contribution in [0.2, 0.25) is 0 Å². The van der Waals surface area contributed by atoms with Crippen molar-refractivity contribution in [3.8, 4) is 0 Å². The quantitative estimate of drug-likeness (QED) is 0.389. The molecule has 4 rings (SSSR count). The molecule has 3 aromatic rings. The van der Waals surface area contributed by atoms with Crippen LogP contribution in [0.15, 0.2) is 54.6 Å². The maximum absolute atomic E-state index is 5.55. The highest BCUT2D eigenvalue weighted by Gasteiger charge is 2.20. The van der Waals surface area contributed by atoms with Gasteiger partial charge in [0, 0.05) is 51.1 Å². The fourth-order valence-electron chi connectivity index (χ4n) is 3.73. The van der Waals surface area contributed by atoms with Crippen LogP contribution in [-0.4, -0.2) is 40.4 Å². The zero-order chi connectivity index (χ0) is 19.5. The molecule has 1 fully saturated rings. The van der Waals surface area contributed by atoms with Crippen molar-refractivity contribution in [3.63, 3.8) is 0 Å². The third kappa shape index (κ3) is 4.73. The van der Waals surface area contributed by atoms with Gasteiger partial charge in [0.15, 0.2) is 0 Å². The van der Waals surface area contributed by atoms with Crippen LogP contribution in [0.5, 0.6) is 0 Å². The van der Waals surface area contributed by atoms with Crippen LogP contribution in [-0.2, 0) is 11.8 Å². The Hall–Kier alpha value is -2.12. The number of aryl methyl sites for hydroxylation is 1. The van der Waals surface area contributed by atoms with E-state index in [0.29, 0.717) is 0 Å². The minimum absolute atomic E-state index is 0. The van der Waals surface area contributed by atoms with E-state index in [0.717, 1.165) is 26.3 Å². The number of para-hydroxylation sites is 1. The summed E-state index contributed by atoms with van der Waals surface area (Å²) in [6, 6.07) is 19.6. The van der Waals surface area contributed by atoms with E-state index in [1.54, 1.807) is 0 Å². The van der Waals surface area contributed by atoms with Crippen molar-refractivity contribution in [2.45, 2.75) is 0 Å². The van der Waals surface area contributed by atoms with E-state index in [-0.39, 0.29) is 24.0 Å². The van der Waals surface area contributed by atoms with Crippen molar-refractivity contribution in [2.24, 2.45) is 7.05 Å². The molecule has 29 heavy (non-hydrogen) atoms. The van der Waals surface area contributed by atoms with Crippen molar-refractivity contribution in [1.29, 1.82) is 0 Å². The molecule has 0 unspecified atom stereocenters. The maximum Gasteiger partial charge on any atom is 0.214 e. The van der Waals surface area contributed by atoms with Crippen molar-refractivity contribution in [3.05, 3.63) is 65.9 Å². The molecule has 0 amide bonds. The number of anilines is 2. The molecule has 1 saturated heterocycles. The third-order valence-electron chi connectivity index (χ3n) is 5.42. The van der Waals surface area contributed by atoms with E-state index in [1.807, 2.05) is 0 Å². The smallest absolute Gasteiger partial charge is 0.214 e. The van der Waals surface area contributed by atoms with Crippen molar-refractivity contribution < 1.29 is 33.3 Å². The van der Waals surface area contributed by atoms with Gasteiger partial charge in [-0.1, -0.05) is 24.3 Å². The van der Waals surface area contributed by atoms with Crippen LogP contribution in [0.25, 0.3) is 23.1 Å². The molecule has 2 aromatic carbocycles. The first-order valence-corrected chi connectivity index (χ1v) is 9.83. The summed E-state index contributed by atoms with van der Waals surface area (Å²) in [6.45, 7) is 3.46. The van der Waals surface area contributed by atoms with Crippen LogP contribution in [0.3, 0.4) is 0 Å². The topological polar surface area (TPSA) is 19.6 Å². The number of hydrogen-bond acceptors (Lipinski definition) is 3. The average molecular weight is 501 g/mol. The molecule has 1 aliphatic rings. The zero-order valence-corrected chi connectivity index (χ0v) is 19.5. The number of ether oxygens (including phenoxy) is 1. The molecule has 4 nitrogen and oxygen atoms in total. The summed E-state index contributed by atoms with van der Waals surface area (Å²) in [7, 11) is 6.26. The molecule has 0 spiro atoms. The van der Waals surface area contributed by atoms with E-state index in [9.17, 15) is 0 Å². The average Bonchev–Trinajstić information content (AvgIpc) is 2.74. The third-order valence-corrected chi connectivity index (χ3v) is 5.42. The predicted molar refractivity (Wildman–Crippen MR) is 118 cm³/mol. The number of rotatable bonds is 4. The zero-order valence-electron chi connectivity index (χ0n) is 17.3. The summed E-state index contributed by atoms with van der Waals surface area (Å²) in [5.41, 5.74) is 6.14. The number of aromatic nitrogens is 1. The van der Waals surface area contributed by atoms with Crippen LogP contribution in [0.1, 0.15) is 11.3 Å². The normalized spacial score (nSPS) is 14.2. The van der Waals surface area contributed by atoms with Crippen molar-refractivity contribution >= 4 is 34.4 Å². The lowest BCUT2D eigenvalue weighted by molar-refractivity contribution is -0.646. The number of benzene rings is 2. The van der Waals surface area contributed by atoms with Crippen LogP contribution in [0, 0.1) is 0 Å². The molecule has 1 aromatic heterocycles. The molecule has 2 heterocycles. The van der Waals surface area contributed by atoms with Gasteiger partial charge in [-0.2, -0.15) is 4.57 Å². The van der Waals surface area contributed by atoms with Gasteiger partial charge >= 0.3 is 0 Å². The predicted octanol–water partition coefficient (Wildman–Crippen LogP) is 0.741. The standard InChI is InChI=1S/C24H28N3O.HI/c1-25(2)20-11-8-19(9-12-20)10-13-21-18-24(27-14-16-28-17-15-27)22-6-4-5-7-23(22)26(21)3;/h4-13,18H,14-17H2,1-3H3;1H/q+1;/p-1. The first-order chi connectivity index (χ1) is 13.6. The molecule has 152 valence electrons. The molecule has 0 aliphatic carbocycles. The molecule has 0 radical (unpaired) electrons. The van der Waals surface area contributed by atoms with Crippen LogP contribution < -0.4 is 38.3 Å². The van der Waals surface area contributed by atoms with Gasteiger partial charge in [-0.25, -0.2) is 0 Å². The lowest BCUT2D eigenvalue weighted by Crippen LogP contribution is -3.00. The summed E-state index contributed by atoms with van der Waals surface area (Å²) < 4.78 is 7.82. The molecule has 1 aliphatic heterocycles. The largest absolute Gasteiger partial charge is 1.00 e. The Balaban J connectivity index is 0.00000240. The summed E-state index contributed by atoms with van der Waals surface area (Å²) in [4.78, 5) is 4.56. The maximum atomic E-state index is 5.55. The molecule has 0 N–H and O–H groups in total. The van der Waals surface area contributed by atoms with Gasteiger partial charge < -0.3 is 38.5 Å². The van der Waals surface area contributed by atoms with Crippen molar-refractivity contribution in [2.75, 3.05) is 50.2 Å². The second kappa shape index (κ2) is 9.59. The van der Waals surface area contributed by atoms with E-state index < -0.39 is 0 Å². The Kier molecular flexibility index (Phi) is 7.14. The first-order valence-electron chi connectivity index (χ1n) is 9.83. The second-order valence-electron chi connectivity index (χ2n) is 7.45. The first kappa shape index (κ1) is 21.6. The molecular weight excluding hydrogens is 473 g/mol. The van der Waals surface area contributed by atoms with E-state index >= 15 is 0 Å². The highest BCUT2D eigenvalue weighted by atomic mass is 127. The van der Waals surface area contributed by atoms with E-state index in [4.69, 9.17) is 4.74 Å². The lowest BCUT2D eigenvalue weighted by Gasteiger charge is -2.29. The minimum atomic E-state index is 0. The number of fused-ring (bicyclic) bond motifs is 1. The van der Waals surface area contributed by atoms with Gasteiger partial charge in [-0.3, -0.25) is 0 Å². The van der Waals surface area contributed by atoms with Gasteiger partial charge in [0.1, 0.15) is 7.05 Å². The van der Waals surface area contributed by atoms with Gasteiger partial charge in [0.25, 0.3) is 0 Å². The lowest BCUT2D eigenvalue weighted by atomic mass is 10.1. The van der Waals surface area contributed by atoms with Gasteiger partial charge in [-0.05, 0) is 29.8 Å². The van der Waals surface area contributed by atoms with Gasteiger partial charge in [-0.15, -0.1) is 0 Å².